The van der Waals surface area contributed by atoms with Crippen molar-refractivity contribution in [1.82, 2.24) is 4.57 Å². The predicted octanol–water partition coefficient (Wildman–Crippen LogP) is 11.9. The molecule has 2 nitrogen and oxygen atoms in total. The Kier molecular flexibility index (Phi) is 8.89. The van der Waals surface area contributed by atoms with Crippen molar-refractivity contribution in [3.63, 3.8) is 0 Å². The van der Waals surface area contributed by atoms with Crippen molar-refractivity contribution in [2.45, 2.75) is 65.8 Å². The molecule has 7 rings (SSSR count). The third-order valence-electron chi connectivity index (χ3n) is 9.70. The van der Waals surface area contributed by atoms with Gasteiger partial charge in [-0.25, -0.2) is 0 Å². The standard InChI is InChI=1S/C41H40Cl3N2/c1-4-6-22-45-35(31-12-8-10-29-33(42)16-20-37(45)39(29)31)18-14-27-24-26(3)25-28(41(27)44)15-19-36-32-13-9-11-30-34(43)17-21-38(40(30)32)46(36)23-7-5-2/h8-21,26H,4-7,22-25H2,1-3H3/q+1. The van der Waals surface area contributed by atoms with Crippen LogP contribution in [0.2, 0.25) is 10.0 Å². The summed E-state index contributed by atoms with van der Waals surface area (Å²) >= 11 is 20.6. The summed E-state index contributed by atoms with van der Waals surface area (Å²) in [6.07, 6.45) is 15.5. The van der Waals surface area contributed by atoms with Gasteiger partial charge < -0.3 is 4.57 Å². The van der Waals surface area contributed by atoms with Crippen molar-refractivity contribution in [3.05, 3.63) is 116 Å². The van der Waals surface area contributed by atoms with E-state index >= 15 is 0 Å². The first kappa shape index (κ1) is 31.3. The Morgan fingerprint density at radius 2 is 1.50 bits per heavy atom. The van der Waals surface area contributed by atoms with Crippen molar-refractivity contribution in [2.75, 3.05) is 6.54 Å². The molecule has 234 valence electrons. The maximum absolute atomic E-state index is 7.27. The molecular weight excluding hydrogens is 627 g/mol. The SMILES string of the molecule is CCCCn1/c(=C\C=C2\CC(C)CC(/C=C/C3=[N+](CCCC)c4ccc(Cl)c5cccc3c45)=C2Cl)c2cccc3c(Cl)ccc1c32. The lowest BCUT2D eigenvalue weighted by Gasteiger charge is -2.22. The monoisotopic (exact) mass is 665 g/mol. The van der Waals surface area contributed by atoms with E-state index in [0.717, 1.165) is 77.5 Å². The molecule has 0 spiro atoms. The van der Waals surface area contributed by atoms with Gasteiger partial charge in [-0.05, 0) is 66.7 Å². The largest absolute Gasteiger partial charge is 0.340 e. The zero-order valence-electron chi connectivity index (χ0n) is 26.8. The van der Waals surface area contributed by atoms with Gasteiger partial charge in [0.25, 0.3) is 0 Å². The van der Waals surface area contributed by atoms with Gasteiger partial charge in [0.05, 0.1) is 10.9 Å². The van der Waals surface area contributed by atoms with Gasteiger partial charge in [0.15, 0.2) is 0 Å². The Balaban J connectivity index is 1.32. The summed E-state index contributed by atoms with van der Waals surface area (Å²) in [4.78, 5) is 0. The van der Waals surface area contributed by atoms with Crippen LogP contribution in [0.5, 0.6) is 0 Å². The lowest BCUT2D eigenvalue weighted by molar-refractivity contribution is -0.436. The molecule has 1 aliphatic heterocycles. The number of hydrogen-bond donors (Lipinski definition) is 0. The smallest absolute Gasteiger partial charge is 0.214 e. The number of benzene rings is 4. The molecule has 5 heteroatoms. The first-order valence-corrected chi connectivity index (χ1v) is 17.9. The van der Waals surface area contributed by atoms with E-state index in [1.807, 2.05) is 12.1 Å². The number of aryl methyl sites for hydroxylation is 1. The van der Waals surface area contributed by atoms with Crippen LogP contribution < -0.4 is 5.35 Å². The molecule has 1 aliphatic carbocycles. The average Bonchev–Trinajstić information content (AvgIpc) is 3.54. The summed E-state index contributed by atoms with van der Waals surface area (Å²) in [6, 6.07) is 21.4. The van der Waals surface area contributed by atoms with E-state index < -0.39 is 0 Å². The second-order valence-electron chi connectivity index (χ2n) is 12.9. The molecule has 5 aromatic rings. The first-order valence-electron chi connectivity index (χ1n) is 16.7. The fourth-order valence-electron chi connectivity index (χ4n) is 7.46. The molecule has 2 aliphatic rings. The Hall–Kier alpha value is -3.30. The zero-order chi connectivity index (χ0) is 31.9. The van der Waals surface area contributed by atoms with Gasteiger partial charge in [0.2, 0.25) is 11.4 Å². The van der Waals surface area contributed by atoms with Crippen LogP contribution in [-0.2, 0) is 6.54 Å². The third-order valence-corrected chi connectivity index (χ3v) is 10.8. The second-order valence-corrected chi connectivity index (χ2v) is 14.1. The topological polar surface area (TPSA) is 7.94 Å². The van der Waals surface area contributed by atoms with E-state index in [9.17, 15) is 0 Å². The van der Waals surface area contributed by atoms with E-state index in [1.165, 1.54) is 55.1 Å². The van der Waals surface area contributed by atoms with Gasteiger partial charge in [-0.15, -0.1) is 0 Å². The van der Waals surface area contributed by atoms with Crippen molar-refractivity contribution >= 4 is 84.7 Å². The minimum atomic E-state index is 0.496. The summed E-state index contributed by atoms with van der Waals surface area (Å²) in [6.45, 7) is 8.76. The number of halogens is 3. The van der Waals surface area contributed by atoms with Crippen molar-refractivity contribution in [3.8, 4) is 0 Å². The van der Waals surface area contributed by atoms with Crippen molar-refractivity contribution in [2.24, 2.45) is 5.92 Å². The highest BCUT2D eigenvalue weighted by Gasteiger charge is 2.31. The Morgan fingerprint density at radius 1 is 0.783 bits per heavy atom. The van der Waals surface area contributed by atoms with Crippen LogP contribution in [0, 0.1) is 5.92 Å². The van der Waals surface area contributed by atoms with E-state index in [-0.39, 0.29) is 0 Å². The van der Waals surface area contributed by atoms with E-state index in [0.29, 0.717) is 5.92 Å². The summed E-state index contributed by atoms with van der Waals surface area (Å²) in [5, 5.41) is 9.66. The molecule has 1 aromatic heterocycles. The third kappa shape index (κ3) is 5.43. The van der Waals surface area contributed by atoms with E-state index in [1.54, 1.807) is 0 Å². The molecule has 1 atom stereocenters. The molecule has 0 N–H and O–H groups in total. The summed E-state index contributed by atoms with van der Waals surface area (Å²) in [7, 11) is 0. The number of aromatic nitrogens is 1. The Morgan fingerprint density at radius 3 is 2.28 bits per heavy atom. The predicted molar refractivity (Wildman–Crippen MR) is 200 cm³/mol. The molecule has 4 aromatic carbocycles. The Labute approximate surface area is 286 Å². The van der Waals surface area contributed by atoms with Gasteiger partial charge in [0.1, 0.15) is 6.54 Å². The van der Waals surface area contributed by atoms with E-state index in [4.69, 9.17) is 34.8 Å². The lowest BCUT2D eigenvalue weighted by atomic mass is 9.86. The number of hydrogen-bond acceptors (Lipinski definition) is 0. The van der Waals surface area contributed by atoms with Crippen LogP contribution in [0.15, 0.2) is 95.1 Å². The number of unbranched alkanes of at least 4 members (excludes halogenated alkanes) is 2. The van der Waals surface area contributed by atoms with Crippen LogP contribution in [0.3, 0.4) is 0 Å². The van der Waals surface area contributed by atoms with Gasteiger partial charge in [0, 0.05) is 72.6 Å². The van der Waals surface area contributed by atoms with Crippen LogP contribution in [0.1, 0.15) is 64.9 Å². The van der Waals surface area contributed by atoms with Crippen molar-refractivity contribution < 1.29 is 4.58 Å². The molecule has 0 radical (unpaired) electrons. The van der Waals surface area contributed by atoms with Gasteiger partial charge >= 0.3 is 0 Å². The highest BCUT2D eigenvalue weighted by molar-refractivity contribution is 6.38. The van der Waals surface area contributed by atoms with Gasteiger partial charge in [-0.2, -0.15) is 4.58 Å². The normalized spacial score (nSPS) is 18.3. The average molecular weight is 667 g/mol. The molecule has 46 heavy (non-hydrogen) atoms. The van der Waals surface area contributed by atoms with Gasteiger partial charge in [-0.1, -0.05) is 111 Å². The molecule has 0 saturated heterocycles. The lowest BCUT2D eigenvalue weighted by Crippen LogP contribution is -2.16. The molecule has 0 fully saturated rings. The summed E-state index contributed by atoms with van der Waals surface area (Å²) in [5.41, 5.74) is 7.34. The van der Waals surface area contributed by atoms with Crippen LogP contribution in [0.25, 0.3) is 38.5 Å². The number of nitrogens with zero attached hydrogens (tertiary/aromatic N) is 2. The second kappa shape index (κ2) is 13.1. The number of allylic oxidation sites excluding steroid dienone is 6. The van der Waals surface area contributed by atoms with Crippen LogP contribution in [0.4, 0.5) is 5.69 Å². The minimum Gasteiger partial charge on any atom is -0.340 e. The summed E-state index contributed by atoms with van der Waals surface area (Å²) in [5.74, 6) is 0.496. The first-order chi connectivity index (χ1) is 22.4. The molecule has 0 saturated carbocycles. The summed E-state index contributed by atoms with van der Waals surface area (Å²) < 4.78 is 4.93. The molecule has 0 amide bonds. The zero-order valence-corrected chi connectivity index (χ0v) is 29.1. The highest BCUT2D eigenvalue weighted by Crippen LogP contribution is 2.40. The minimum absolute atomic E-state index is 0.496. The maximum Gasteiger partial charge on any atom is 0.214 e. The van der Waals surface area contributed by atoms with Crippen LogP contribution in [-0.4, -0.2) is 21.4 Å². The molecule has 0 bridgehead atoms. The molecular formula is C41H40Cl3N2+. The fourth-order valence-corrected chi connectivity index (χ4v) is 8.18. The highest BCUT2D eigenvalue weighted by atomic mass is 35.5. The van der Waals surface area contributed by atoms with Crippen LogP contribution >= 0.6 is 34.8 Å². The quantitative estimate of drug-likeness (QED) is 0.138. The van der Waals surface area contributed by atoms with E-state index in [2.05, 4.69) is 103 Å². The van der Waals surface area contributed by atoms with Gasteiger partial charge in [-0.3, -0.25) is 0 Å². The fraction of sp³-hybridized carbons (Fsp3) is 0.293. The Bertz CT molecular complexity index is 2180. The van der Waals surface area contributed by atoms with Crippen molar-refractivity contribution in [1.29, 1.82) is 0 Å². The number of rotatable bonds is 9. The molecule has 2 heterocycles. The molecule has 1 unspecified atom stereocenters. The maximum atomic E-state index is 7.27.